The second-order valence-electron chi connectivity index (χ2n) is 7.51. The SMILES string of the molecule is CCCCONC(=COc1cccc(CC(OCC)C(=O)O)c1)c1nnc(-c2ccc(F)cc2)o1. The van der Waals surface area contributed by atoms with Gasteiger partial charge in [-0.2, -0.15) is 0 Å². The number of carboxylic acid groups (broad SMARTS) is 1. The van der Waals surface area contributed by atoms with Gasteiger partial charge in [0, 0.05) is 18.6 Å². The summed E-state index contributed by atoms with van der Waals surface area (Å²) in [7, 11) is 0. The van der Waals surface area contributed by atoms with E-state index in [9.17, 15) is 14.3 Å². The van der Waals surface area contributed by atoms with Crippen molar-refractivity contribution in [1.82, 2.24) is 15.7 Å². The van der Waals surface area contributed by atoms with Crippen LogP contribution in [0, 0.1) is 5.82 Å². The number of aromatic nitrogens is 2. The van der Waals surface area contributed by atoms with Crippen LogP contribution in [0.3, 0.4) is 0 Å². The van der Waals surface area contributed by atoms with Crippen molar-refractivity contribution in [2.75, 3.05) is 13.2 Å². The van der Waals surface area contributed by atoms with Crippen molar-refractivity contribution in [3.63, 3.8) is 0 Å². The Hall–Kier alpha value is -3.76. The molecule has 186 valence electrons. The number of carboxylic acids is 1. The minimum absolute atomic E-state index is 0.110. The highest BCUT2D eigenvalue weighted by atomic mass is 19.1. The Morgan fingerprint density at radius 2 is 2.00 bits per heavy atom. The maximum Gasteiger partial charge on any atom is 0.333 e. The maximum atomic E-state index is 13.2. The largest absolute Gasteiger partial charge is 0.479 e. The Morgan fingerprint density at radius 3 is 2.71 bits per heavy atom. The average Bonchev–Trinajstić information content (AvgIpc) is 3.34. The van der Waals surface area contributed by atoms with Gasteiger partial charge in [0.05, 0.1) is 6.61 Å². The summed E-state index contributed by atoms with van der Waals surface area (Å²) in [5, 5.41) is 17.4. The first-order valence-corrected chi connectivity index (χ1v) is 11.3. The number of hydroxylamine groups is 1. The third-order valence-corrected chi connectivity index (χ3v) is 4.80. The molecule has 2 N–H and O–H groups in total. The third-order valence-electron chi connectivity index (χ3n) is 4.80. The zero-order chi connectivity index (χ0) is 25.0. The predicted octanol–water partition coefficient (Wildman–Crippen LogP) is 4.61. The summed E-state index contributed by atoms with van der Waals surface area (Å²) in [5.41, 5.74) is 4.36. The Morgan fingerprint density at radius 1 is 1.20 bits per heavy atom. The van der Waals surface area contributed by atoms with E-state index >= 15 is 0 Å². The number of nitrogens with one attached hydrogen (secondary N) is 1. The first-order chi connectivity index (χ1) is 17.0. The first-order valence-electron chi connectivity index (χ1n) is 11.3. The monoisotopic (exact) mass is 485 g/mol. The van der Waals surface area contributed by atoms with E-state index in [1.807, 2.05) is 6.92 Å². The van der Waals surface area contributed by atoms with E-state index in [0.717, 1.165) is 18.4 Å². The second-order valence-corrected chi connectivity index (χ2v) is 7.51. The van der Waals surface area contributed by atoms with Crippen LogP contribution in [0.4, 0.5) is 4.39 Å². The molecule has 1 heterocycles. The van der Waals surface area contributed by atoms with Crippen LogP contribution >= 0.6 is 0 Å². The Kier molecular flexibility index (Phi) is 9.76. The molecule has 0 fully saturated rings. The average molecular weight is 486 g/mol. The number of unbranched alkanes of at least 4 members (excludes halogenated alkanes) is 1. The molecule has 0 amide bonds. The summed E-state index contributed by atoms with van der Waals surface area (Å²) >= 11 is 0. The molecule has 0 aliphatic heterocycles. The maximum absolute atomic E-state index is 13.2. The fraction of sp³-hybridized carbons (Fsp3) is 0.320. The van der Waals surface area contributed by atoms with Crippen LogP contribution < -0.4 is 10.2 Å². The Bertz CT molecular complexity index is 1120. The fourth-order valence-corrected chi connectivity index (χ4v) is 3.01. The summed E-state index contributed by atoms with van der Waals surface area (Å²) in [6.45, 7) is 4.55. The predicted molar refractivity (Wildman–Crippen MR) is 125 cm³/mol. The van der Waals surface area contributed by atoms with Gasteiger partial charge in [0.25, 0.3) is 5.89 Å². The zero-order valence-electron chi connectivity index (χ0n) is 19.6. The van der Waals surface area contributed by atoms with Crippen LogP contribution in [0.1, 0.15) is 38.1 Å². The number of rotatable bonds is 14. The molecule has 0 bridgehead atoms. The van der Waals surface area contributed by atoms with Crippen molar-refractivity contribution < 1.29 is 33.0 Å². The quantitative estimate of drug-likeness (QED) is 0.192. The van der Waals surface area contributed by atoms with E-state index in [-0.39, 0.29) is 29.7 Å². The molecule has 0 aliphatic rings. The van der Waals surface area contributed by atoms with Gasteiger partial charge in [-0.1, -0.05) is 25.5 Å². The lowest BCUT2D eigenvalue weighted by molar-refractivity contribution is -0.149. The Labute approximate surface area is 202 Å². The van der Waals surface area contributed by atoms with E-state index < -0.39 is 12.1 Å². The minimum atomic E-state index is -1.03. The van der Waals surface area contributed by atoms with Crippen molar-refractivity contribution in [1.29, 1.82) is 0 Å². The summed E-state index contributed by atoms with van der Waals surface area (Å²) in [5.74, 6) is -0.610. The highest BCUT2D eigenvalue weighted by Gasteiger charge is 2.18. The third kappa shape index (κ3) is 7.90. The van der Waals surface area contributed by atoms with E-state index in [1.165, 1.54) is 30.5 Å². The van der Waals surface area contributed by atoms with Gasteiger partial charge in [-0.05, 0) is 55.3 Å². The van der Waals surface area contributed by atoms with Gasteiger partial charge in [0.15, 0.2) is 11.8 Å². The van der Waals surface area contributed by atoms with Crippen LogP contribution in [0.5, 0.6) is 5.75 Å². The molecule has 1 unspecified atom stereocenters. The molecular weight excluding hydrogens is 457 g/mol. The molecule has 1 aromatic heterocycles. The van der Waals surface area contributed by atoms with Crippen molar-refractivity contribution in [3.05, 3.63) is 72.1 Å². The molecule has 0 radical (unpaired) electrons. The molecule has 2 aromatic carbocycles. The number of nitrogens with zero attached hydrogens (tertiary/aromatic N) is 2. The number of hydrogen-bond acceptors (Lipinski definition) is 8. The molecule has 0 saturated heterocycles. The topological polar surface area (TPSA) is 116 Å². The smallest absolute Gasteiger partial charge is 0.333 e. The standard InChI is InChI=1S/C25H28FN3O6/c1-3-5-13-34-29-21(24-28-27-23(35-24)18-9-11-19(26)12-10-18)16-33-20-8-6-7-17(14-20)15-22(25(30)31)32-4-2/h6-12,14,16,22,29H,3-5,13,15H2,1-2H3,(H,30,31). The lowest BCUT2D eigenvalue weighted by atomic mass is 10.1. The zero-order valence-corrected chi connectivity index (χ0v) is 19.6. The first kappa shape index (κ1) is 25.9. The van der Waals surface area contributed by atoms with Gasteiger partial charge < -0.3 is 19.0 Å². The van der Waals surface area contributed by atoms with E-state index in [1.54, 1.807) is 31.2 Å². The van der Waals surface area contributed by atoms with Crippen LogP contribution in [-0.2, 0) is 20.8 Å². The molecule has 0 saturated carbocycles. The van der Waals surface area contributed by atoms with Crippen molar-refractivity contribution in [2.24, 2.45) is 0 Å². The van der Waals surface area contributed by atoms with E-state index in [4.69, 9.17) is 18.7 Å². The number of halogens is 1. The second kappa shape index (κ2) is 13.2. The van der Waals surface area contributed by atoms with Crippen LogP contribution in [0.2, 0.25) is 0 Å². The van der Waals surface area contributed by atoms with E-state index in [2.05, 4.69) is 15.7 Å². The summed E-state index contributed by atoms with van der Waals surface area (Å²) in [6.07, 6.45) is 2.42. The summed E-state index contributed by atoms with van der Waals surface area (Å²) < 4.78 is 30.0. The number of aliphatic carboxylic acids is 1. The van der Waals surface area contributed by atoms with Crippen LogP contribution in [0.15, 0.2) is 59.2 Å². The highest BCUT2D eigenvalue weighted by molar-refractivity contribution is 5.72. The highest BCUT2D eigenvalue weighted by Crippen LogP contribution is 2.22. The number of carbonyl (C=O) groups is 1. The van der Waals surface area contributed by atoms with Gasteiger partial charge >= 0.3 is 5.97 Å². The fourth-order valence-electron chi connectivity index (χ4n) is 3.01. The molecular formula is C25H28FN3O6. The number of hydrogen-bond donors (Lipinski definition) is 2. The van der Waals surface area contributed by atoms with Gasteiger partial charge in [-0.15, -0.1) is 10.2 Å². The van der Waals surface area contributed by atoms with Gasteiger partial charge in [-0.3, -0.25) is 10.3 Å². The molecule has 10 heteroatoms. The summed E-state index contributed by atoms with van der Waals surface area (Å²) in [6, 6.07) is 12.7. The van der Waals surface area contributed by atoms with Crippen LogP contribution in [0.25, 0.3) is 17.2 Å². The van der Waals surface area contributed by atoms with Gasteiger partial charge in [0.2, 0.25) is 5.89 Å². The van der Waals surface area contributed by atoms with Gasteiger partial charge in [-0.25, -0.2) is 9.18 Å². The van der Waals surface area contributed by atoms with Crippen molar-refractivity contribution in [2.45, 2.75) is 39.2 Å². The normalized spacial score (nSPS) is 12.4. The molecule has 0 spiro atoms. The van der Waals surface area contributed by atoms with E-state index in [0.29, 0.717) is 24.5 Å². The lowest BCUT2D eigenvalue weighted by Gasteiger charge is -2.13. The molecule has 3 rings (SSSR count). The van der Waals surface area contributed by atoms with Crippen molar-refractivity contribution in [3.8, 4) is 17.2 Å². The van der Waals surface area contributed by atoms with Crippen LogP contribution in [-0.4, -0.2) is 40.6 Å². The van der Waals surface area contributed by atoms with Crippen molar-refractivity contribution >= 4 is 11.7 Å². The van der Waals surface area contributed by atoms with Gasteiger partial charge in [0.1, 0.15) is 17.8 Å². The molecule has 0 aliphatic carbocycles. The summed E-state index contributed by atoms with van der Waals surface area (Å²) in [4.78, 5) is 16.9. The number of benzene rings is 2. The molecule has 1 atom stereocenters. The minimum Gasteiger partial charge on any atom is -0.479 e. The molecule has 3 aromatic rings. The molecule has 9 nitrogen and oxygen atoms in total. The number of ether oxygens (including phenoxy) is 2. The lowest BCUT2D eigenvalue weighted by Crippen LogP contribution is -2.26. The molecule has 35 heavy (non-hydrogen) atoms. The Balaban J connectivity index is 1.77.